The predicted molar refractivity (Wildman–Crippen MR) is 57.9 cm³/mol. The lowest BCUT2D eigenvalue weighted by molar-refractivity contribution is -0.131. The zero-order valence-electron chi connectivity index (χ0n) is 7.42. The molecule has 0 atom stereocenters. The highest BCUT2D eigenvalue weighted by Gasteiger charge is 2.03. The number of rotatable bonds is 2. The van der Waals surface area contributed by atoms with Crippen LogP contribution in [-0.4, -0.2) is 11.1 Å². The van der Waals surface area contributed by atoms with E-state index in [4.69, 9.17) is 28.3 Å². The third kappa shape index (κ3) is 2.76. The van der Waals surface area contributed by atoms with Gasteiger partial charge in [0.1, 0.15) is 0 Å². The molecule has 74 valence electrons. The van der Waals surface area contributed by atoms with Crippen LogP contribution >= 0.6 is 23.2 Å². The Balaban J connectivity index is 3.14. The maximum Gasteiger partial charge on any atom is 0.328 e. The number of carbonyl (C=O) groups is 1. The molecule has 14 heavy (non-hydrogen) atoms. The Morgan fingerprint density at radius 2 is 2.07 bits per heavy atom. The van der Waals surface area contributed by atoms with Crippen molar-refractivity contribution in [2.75, 3.05) is 0 Å². The van der Waals surface area contributed by atoms with E-state index in [1.54, 1.807) is 12.1 Å². The van der Waals surface area contributed by atoms with Crippen LogP contribution in [0.15, 0.2) is 18.2 Å². The molecule has 0 bridgehead atoms. The molecule has 0 saturated heterocycles. The number of aryl methyl sites for hydroxylation is 1. The third-order valence-corrected chi connectivity index (χ3v) is 2.42. The van der Waals surface area contributed by atoms with E-state index in [0.717, 1.165) is 11.6 Å². The summed E-state index contributed by atoms with van der Waals surface area (Å²) >= 11 is 11.7. The van der Waals surface area contributed by atoms with Crippen molar-refractivity contribution in [2.45, 2.75) is 6.92 Å². The maximum absolute atomic E-state index is 10.3. The van der Waals surface area contributed by atoms with Crippen molar-refractivity contribution in [1.29, 1.82) is 0 Å². The first-order valence-electron chi connectivity index (χ1n) is 3.87. The molecule has 0 aromatic heterocycles. The van der Waals surface area contributed by atoms with Crippen molar-refractivity contribution in [2.24, 2.45) is 0 Å². The number of benzene rings is 1. The van der Waals surface area contributed by atoms with E-state index in [2.05, 4.69) is 0 Å². The number of carboxylic acids is 1. The molecule has 0 radical (unpaired) electrons. The number of hydrogen-bond acceptors (Lipinski definition) is 1. The van der Waals surface area contributed by atoms with Crippen molar-refractivity contribution in [1.82, 2.24) is 0 Å². The molecule has 1 rings (SSSR count). The van der Waals surface area contributed by atoms with Crippen molar-refractivity contribution < 1.29 is 9.90 Å². The summed E-state index contributed by atoms with van der Waals surface area (Å²) in [5.74, 6) is -1.02. The van der Waals surface area contributed by atoms with Crippen LogP contribution in [0.5, 0.6) is 0 Å². The van der Waals surface area contributed by atoms with E-state index in [0.29, 0.717) is 15.6 Å². The van der Waals surface area contributed by atoms with Crippen LogP contribution in [0.2, 0.25) is 10.0 Å². The Morgan fingerprint density at radius 1 is 1.43 bits per heavy atom. The number of halogens is 2. The van der Waals surface area contributed by atoms with Gasteiger partial charge in [0.2, 0.25) is 0 Å². The van der Waals surface area contributed by atoms with Gasteiger partial charge in [0, 0.05) is 6.08 Å². The van der Waals surface area contributed by atoms with Crippen LogP contribution in [-0.2, 0) is 4.79 Å². The largest absolute Gasteiger partial charge is 0.478 e. The van der Waals surface area contributed by atoms with Gasteiger partial charge in [-0.05, 0) is 30.2 Å². The summed E-state index contributed by atoms with van der Waals surface area (Å²) in [5.41, 5.74) is 1.54. The summed E-state index contributed by atoms with van der Waals surface area (Å²) in [7, 11) is 0. The predicted octanol–water partition coefficient (Wildman–Crippen LogP) is 3.40. The van der Waals surface area contributed by atoms with E-state index in [1.165, 1.54) is 6.08 Å². The highest BCUT2D eigenvalue weighted by atomic mass is 35.5. The molecule has 2 nitrogen and oxygen atoms in total. The Hall–Kier alpha value is -0.990. The summed E-state index contributed by atoms with van der Waals surface area (Å²) in [6.07, 6.45) is 2.44. The van der Waals surface area contributed by atoms with E-state index < -0.39 is 5.97 Å². The summed E-state index contributed by atoms with van der Waals surface area (Å²) in [6.45, 7) is 1.86. The van der Waals surface area contributed by atoms with Crippen molar-refractivity contribution in [3.05, 3.63) is 39.4 Å². The normalized spacial score (nSPS) is 10.8. The molecular formula is C10H8Cl2O2. The van der Waals surface area contributed by atoms with Gasteiger partial charge in [0.25, 0.3) is 0 Å². The second-order valence-electron chi connectivity index (χ2n) is 2.82. The highest BCUT2D eigenvalue weighted by molar-refractivity contribution is 6.43. The Kier molecular flexibility index (Phi) is 3.55. The molecule has 0 aliphatic carbocycles. The van der Waals surface area contributed by atoms with Crippen LogP contribution in [0, 0.1) is 6.92 Å². The van der Waals surface area contributed by atoms with Crippen LogP contribution in [0.4, 0.5) is 0 Å². The minimum atomic E-state index is -1.02. The molecule has 0 saturated carbocycles. The highest BCUT2D eigenvalue weighted by Crippen LogP contribution is 2.28. The Bertz CT molecular complexity index is 397. The number of aliphatic carboxylic acids is 1. The Labute approximate surface area is 91.8 Å². The first kappa shape index (κ1) is 11.1. The fourth-order valence-electron chi connectivity index (χ4n) is 1.03. The average molecular weight is 231 g/mol. The van der Waals surface area contributed by atoms with Gasteiger partial charge >= 0.3 is 5.97 Å². The van der Waals surface area contributed by atoms with Gasteiger partial charge < -0.3 is 5.11 Å². The first-order valence-corrected chi connectivity index (χ1v) is 4.63. The molecule has 1 aromatic rings. The topological polar surface area (TPSA) is 37.3 Å². The van der Waals surface area contributed by atoms with Crippen molar-refractivity contribution in [3.8, 4) is 0 Å². The minimum Gasteiger partial charge on any atom is -0.478 e. The zero-order valence-corrected chi connectivity index (χ0v) is 8.93. The van der Waals surface area contributed by atoms with E-state index in [-0.39, 0.29) is 0 Å². The fraction of sp³-hybridized carbons (Fsp3) is 0.100. The van der Waals surface area contributed by atoms with Gasteiger partial charge in [-0.25, -0.2) is 4.79 Å². The Morgan fingerprint density at radius 3 is 2.64 bits per heavy atom. The monoisotopic (exact) mass is 230 g/mol. The lowest BCUT2D eigenvalue weighted by Crippen LogP contribution is -1.87. The summed E-state index contributed by atoms with van der Waals surface area (Å²) < 4.78 is 0. The van der Waals surface area contributed by atoms with E-state index in [9.17, 15) is 4.79 Å². The molecule has 0 heterocycles. The van der Waals surface area contributed by atoms with Gasteiger partial charge in [0.05, 0.1) is 10.0 Å². The molecule has 0 amide bonds. The van der Waals surface area contributed by atoms with Crippen LogP contribution in [0.3, 0.4) is 0 Å². The van der Waals surface area contributed by atoms with Crippen molar-refractivity contribution in [3.63, 3.8) is 0 Å². The molecule has 0 spiro atoms. The van der Waals surface area contributed by atoms with Gasteiger partial charge in [-0.15, -0.1) is 0 Å². The smallest absolute Gasteiger partial charge is 0.328 e. The minimum absolute atomic E-state index is 0.370. The lowest BCUT2D eigenvalue weighted by atomic mass is 10.1. The molecule has 0 aliphatic rings. The molecule has 4 heteroatoms. The van der Waals surface area contributed by atoms with Gasteiger partial charge in [0.15, 0.2) is 0 Å². The summed E-state index contributed by atoms with van der Waals surface area (Å²) in [4.78, 5) is 10.3. The standard InChI is InChI=1S/C10H8Cl2O2/c1-6-4-7(2-3-9(13)14)10(12)8(11)5-6/h2-5H,1H3,(H,13,14). The van der Waals surface area contributed by atoms with Gasteiger partial charge in [-0.1, -0.05) is 29.3 Å². The van der Waals surface area contributed by atoms with E-state index >= 15 is 0 Å². The molecule has 0 aliphatic heterocycles. The molecular weight excluding hydrogens is 223 g/mol. The maximum atomic E-state index is 10.3. The number of hydrogen-bond donors (Lipinski definition) is 1. The molecule has 0 unspecified atom stereocenters. The number of carboxylic acid groups (broad SMARTS) is 1. The second kappa shape index (κ2) is 4.49. The summed E-state index contributed by atoms with van der Waals surface area (Å²) in [5, 5.41) is 9.24. The SMILES string of the molecule is Cc1cc(Cl)c(Cl)c(C=CC(=O)O)c1. The van der Waals surface area contributed by atoms with E-state index in [1.807, 2.05) is 6.92 Å². The second-order valence-corrected chi connectivity index (χ2v) is 3.61. The lowest BCUT2D eigenvalue weighted by Gasteiger charge is -2.02. The first-order chi connectivity index (χ1) is 6.50. The average Bonchev–Trinajstić information content (AvgIpc) is 2.08. The van der Waals surface area contributed by atoms with Crippen LogP contribution < -0.4 is 0 Å². The molecule has 1 N–H and O–H groups in total. The third-order valence-electron chi connectivity index (χ3n) is 1.61. The van der Waals surface area contributed by atoms with Gasteiger partial charge in [-0.3, -0.25) is 0 Å². The fourth-order valence-corrected chi connectivity index (χ4v) is 1.49. The van der Waals surface area contributed by atoms with Crippen molar-refractivity contribution >= 4 is 35.2 Å². The quantitative estimate of drug-likeness (QED) is 0.792. The zero-order chi connectivity index (χ0) is 10.7. The van der Waals surface area contributed by atoms with Crippen LogP contribution in [0.1, 0.15) is 11.1 Å². The van der Waals surface area contributed by atoms with Gasteiger partial charge in [-0.2, -0.15) is 0 Å². The molecule has 0 fully saturated rings. The van der Waals surface area contributed by atoms with Crippen LogP contribution in [0.25, 0.3) is 6.08 Å². The summed E-state index contributed by atoms with van der Waals surface area (Å²) in [6, 6.07) is 3.50. The molecule has 1 aromatic carbocycles.